The second-order valence-corrected chi connectivity index (χ2v) is 9.72. The molecule has 1 N–H and O–H groups in total. The van der Waals surface area contributed by atoms with E-state index >= 15 is 0 Å². The second kappa shape index (κ2) is 10.5. The van der Waals surface area contributed by atoms with Gasteiger partial charge in [0.25, 0.3) is 0 Å². The molecular weight excluding hydrogens is 436 g/mol. The van der Waals surface area contributed by atoms with E-state index in [0.717, 1.165) is 40.6 Å². The average Bonchev–Trinajstić information content (AvgIpc) is 3.57. The molecule has 2 aliphatic rings. The van der Waals surface area contributed by atoms with Crippen LogP contribution in [0.25, 0.3) is 0 Å². The van der Waals surface area contributed by atoms with Gasteiger partial charge >= 0.3 is 0 Å². The first-order valence-corrected chi connectivity index (χ1v) is 12.5. The fourth-order valence-electron chi connectivity index (χ4n) is 4.12. The molecule has 1 saturated carbocycles. The summed E-state index contributed by atoms with van der Waals surface area (Å²) in [7, 11) is 0. The van der Waals surface area contributed by atoms with Gasteiger partial charge in [-0.1, -0.05) is 36.0 Å². The van der Waals surface area contributed by atoms with E-state index in [1.165, 1.54) is 11.8 Å². The molecule has 4 rings (SSSR count). The van der Waals surface area contributed by atoms with Crippen LogP contribution >= 0.6 is 11.8 Å². The lowest BCUT2D eigenvalue weighted by Gasteiger charge is -2.34. The molecular formula is C24H32N6O2S. The van der Waals surface area contributed by atoms with Gasteiger partial charge in [0.1, 0.15) is 5.82 Å². The van der Waals surface area contributed by atoms with Gasteiger partial charge in [0.2, 0.25) is 11.8 Å². The molecule has 0 unspecified atom stereocenters. The molecule has 1 aliphatic heterocycles. The number of anilines is 1. The van der Waals surface area contributed by atoms with Crippen molar-refractivity contribution in [3.8, 4) is 0 Å². The van der Waals surface area contributed by atoms with Crippen LogP contribution in [0.3, 0.4) is 0 Å². The molecule has 0 radical (unpaired) electrons. The quantitative estimate of drug-likeness (QED) is 0.450. The van der Waals surface area contributed by atoms with E-state index in [2.05, 4.69) is 31.6 Å². The van der Waals surface area contributed by atoms with Crippen molar-refractivity contribution < 1.29 is 9.59 Å². The number of para-hydroxylation sites is 1. The number of piperazine rings is 1. The maximum absolute atomic E-state index is 12.8. The first-order valence-electron chi connectivity index (χ1n) is 11.5. The van der Waals surface area contributed by atoms with Gasteiger partial charge in [0.05, 0.1) is 12.3 Å². The van der Waals surface area contributed by atoms with E-state index in [-0.39, 0.29) is 11.8 Å². The molecule has 0 bridgehead atoms. The number of carbonyl (C=O) groups is 2. The highest BCUT2D eigenvalue weighted by Crippen LogP contribution is 2.40. The Morgan fingerprint density at radius 2 is 1.85 bits per heavy atom. The van der Waals surface area contributed by atoms with Crippen LogP contribution in [0, 0.1) is 13.8 Å². The summed E-state index contributed by atoms with van der Waals surface area (Å²) in [5.41, 5.74) is 3.01. The number of benzene rings is 1. The van der Waals surface area contributed by atoms with Crippen molar-refractivity contribution in [1.82, 2.24) is 24.6 Å². The van der Waals surface area contributed by atoms with Gasteiger partial charge in [-0.2, -0.15) is 0 Å². The van der Waals surface area contributed by atoms with E-state index in [1.54, 1.807) is 0 Å². The van der Waals surface area contributed by atoms with E-state index in [0.29, 0.717) is 50.9 Å². The Hall–Kier alpha value is -2.65. The first kappa shape index (κ1) is 23.5. The van der Waals surface area contributed by atoms with Crippen molar-refractivity contribution in [2.45, 2.75) is 44.3 Å². The monoisotopic (exact) mass is 468 g/mol. The molecule has 0 spiro atoms. The van der Waals surface area contributed by atoms with Crippen LogP contribution in [-0.2, 0) is 16.1 Å². The smallest absolute Gasteiger partial charge is 0.238 e. The molecule has 33 heavy (non-hydrogen) atoms. The minimum atomic E-state index is -0.0178. The highest BCUT2D eigenvalue weighted by molar-refractivity contribution is 7.99. The predicted molar refractivity (Wildman–Crippen MR) is 130 cm³/mol. The Morgan fingerprint density at radius 1 is 1.15 bits per heavy atom. The summed E-state index contributed by atoms with van der Waals surface area (Å²) in [5, 5.41) is 12.5. The van der Waals surface area contributed by atoms with Gasteiger partial charge in [-0.15, -0.1) is 16.8 Å². The third-order valence-electron chi connectivity index (χ3n) is 6.16. The summed E-state index contributed by atoms with van der Waals surface area (Å²) in [6.45, 7) is 11.5. The van der Waals surface area contributed by atoms with Gasteiger partial charge < -0.3 is 14.8 Å². The average molecular weight is 469 g/mol. The fraction of sp³-hybridized carbons (Fsp3) is 0.500. The Morgan fingerprint density at radius 3 is 2.48 bits per heavy atom. The van der Waals surface area contributed by atoms with Crippen LogP contribution in [0.5, 0.6) is 0 Å². The van der Waals surface area contributed by atoms with Crippen molar-refractivity contribution in [2.24, 2.45) is 0 Å². The molecule has 1 aromatic heterocycles. The minimum absolute atomic E-state index is 0.0178. The normalized spacial score (nSPS) is 16.6. The van der Waals surface area contributed by atoms with E-state index < -0.39 is 0 Å². The molecule has 1 saturated heterocycles. The van der Waals surface area contributed by atoms with Crippen molar-refractivity contribution in [3.05, 3.63) is 47.8 Å². The number of hydrogen-bond acceptors (Lipinski definition) is 6. The lowest BCUT2D eigenvalue weighted by Crippen LogP contribution is -2.51. The lowest BCUT2D eigenvalue weighted by molar-refractivity contribution is -0.130. The maximum Gasteiger partial charge on any atom is 0.238 e. The Balaban J connectivity index is 1.23. The number of aromatic nitrogens is 3. The first-order chi connectivity index (χ1) is 16.0. The molecule has 8 nitrogen and oxygen atoms in total. The topological polar surface area (TPSA) is 83.4 Å². The van der Waals surface area contributed by atoms with Crippen LogP contribution in [0.1, 0.15) is 35.7 Å². The highest BCUT2D eigenvalue weighted by Gasteiger charge is 2.30. The van der Waals surface area contributed by atoms with Crippen molar-refractivity contribution in [1.29, 1.82) is 0 Å². The molecule has 1 aromatic carbocycles. The zero-order chi connectivity index (χ0) is 23.4. The molecule has 2 amide bonds. The van der Waals surface area contributed by atoms with Gasteiger partial charge in [-0.25, -0.2) is 0 Å². The third-order valence-corrected chi connectivity index (χ3v) is 7.11. The third kappa shape index (κ3) is 5.83. The number of nitrogens with zero attached hydrogens (tertiary/aromatic N) is 5. The predicted octanol–water partition coefficient (Wildman–Crippen LogP) is 2.83. The number of hydrogen-bond donors (Lipinski definition) is 1. The summed E-state index contributed by atoms with van der Waals surface area (Å²) >= 11 is 1.44. The number of allylic oxidation sites excluding steroid dienone is 1. The van der Waals surface area contributed by atoms with Crippen LogP contribution in [0.15, 0.2) is 36.0 Å². The molecule has 1 aliphatic carbocycles. The molecule has 176 valence electrons. The van der Waals surface area contributed by atoms with Crippen molar-refractivity contribution >= 4 is 29.3 Å². The molecule has 2 fully saturated rings. The molecule has 0 atom stereocenters. The summed E-state index contributed by atoms with van der Waals surface area (Å²) < 4.78 is 2.08. The Kier molecular flexibility index (Phi) is 7.49. The zero-order valence-electron chi connectivity index (χ0n) is 19.4. The van der Waals surface area contributed by atoms with Crippen LogP contribution in [-0.4, -0.2) is 74.9 Å². The van der Waals surface area contributed by atoms with Gasteiger partial charge in [-0.3, -0.25) is 14.5 Å². The summed E-state index contributed by atoms with van der Waals surface area (Å²) in [6, 6.07) is 5.99. The van der Waals surface area contributed by atoms with E-state index in [4.69, 9.17) is 0 Å². The minimum Gasteiger partial charge on any atom is -0.339 e. The molecule has 2 aromatic rings. The largest absolute Gasteiger partial charge is 0.339 e. The maximum atomic E-state index is 12.8. The number of aryl methyl sites for hydroxylation is 2. The number of nitrogens with one attached hydrogen (secondary N) is 1. The highest BCUT2D eigenvalue weighted by atomic mass is 32.2. The summed E-state index contributed by atoms with van der Waals surface area (Å²) in [4.78, 5) is 29.3. The second-order valence-electron chi connectivity index (χ2n) is 8.77. The number of rotatable bonds is 9. The molecule has 9 heteroatoms. The lowest BCUT2D eigenvalue weighted by atomic mass is 10.1. The number of carbonyl (C=O) groups excluding carboxylic acids is 2. The molecule has 2 heterocycles. The Labute approximate surface area is 199 Å². The van der Waals surface area contributed by atoms with Crippen molar-refractivity contribution in [3.63, 3.8) is 0 Å². The standard InChI is InChI=1S/C24H32N6O2S/c1-4-10-30-23(19-8-9-19)26-27-24(30)33-16-21(32)29-13-11-28(12-14-29)15-20(31)25-22-17(2)6-5-7-18(22)3/h4-7,19H,1,8-16H2,2-3H3,(H,25,31). The van der Waals surface area contributed by atoms with Gasteiger partial charge in [0, 0.05) is 44.3 Å². The van der Waals surface area contributed by atoms with E-state index in [1.807, 2.05) is 43.0 Å². The van der Waals surface area contributed by atoms with Gasteiger partial charge in [0.15, 0.2) is 5.16 Å². The summed E-state index contributed by atoms with van der Waals surface area (Å²) in [5.74, 6) is 1.93. The van der Waals surface area contributed by atoms with Crippen LogP contribution < -0.4 is 5.32 Å². The summed E-state index contributed by atoms with van der Waals surface area (Å²) in [6.07, 6.45) is 4.16. The SMILES string of the molecule is C=CCn1c(SCC(=O)N2CCN(CC(=O)Nc3c(C)cccc3C)CC2)nnc1C1CC1. The van der Waals surface area contributed by atoms with Crippen LogP contribution in [0.4, 0.5) is 5.69 Å². The number of thioether (sulfide) groups is 1. The number of amides is 2. The van der Waals surface area contributed by atoms with Gasteiger partial charge in [-0.05, 0) is 37.8 Å². The van der Waals surface area contributed by atoms with E-state index in [9.17, 15) is 9.59 Å². The van der Waals surface area contributed by atoms with Crippen LogP contribution in [0.2, 0.25) is 0 Å². The fourth-order valence-corrected chi connectivity index (χ4v) is 4.98. The Bertz CT molecular complexity index is 1000. The zero-order valence-corrected chi connectivity index (χ0v) is 20.2. The van der Waals surface area contributed by atoms with Crippen molar-refractivity contribution in [2.75, 3.05) is 43.8 Å².